The summed E-state index contributed by atoms with van der Waals surface area (Å²) in [5, 5.41) is 3.59. The van der Waals surface area contributed by atoms with Gasteiger partial charge >= 0.3 is 6.18 Å². The molecule has 0 aromatic carbocycles. The number of halogens is 3. The number of hydrogen-bond acceptors (Lipinski definition) is 2. The maximum Gasteiger partial charge on any atom is 0.391 e. The molecule has 0 radical (unpaired) electrons. The fourth-order valence-electron chi connectivity index (χ4n) is 3.62. The minimum atomic E-state index is -3.99. The number of likely N-dealkylation sites (tertiary alicyclic amines) is 1. The fraction of sp³-hybridized carbons (Fsp3) is 1.00. The molecule has 3 aliphatic rings. The average Bonchev–Trinajstić information content (AvgIpc) is 3.10. The zero-order chi connectivity index (χ0) is 13.5. The Morgan fingerprint density at radius 2 is 1.53 bits per heavy atom. The Kier molecular flexibility index (Phi) is 3.78. The van der Waals surface area contributed by atoms with Gasteiger partial charge in [0, 0.05) is 31.2 Å². The van der Waals surface area contributed by atoms with E-state index in [2.05, 4.69) is 10.2 Å². The lowest BCUT2D eigenvalue weighted by Crippen LogP contribution is -2.43. The van der Waals surface area contributed by atoms with E-state index < -0.39 is 12.1 Å². The summed E-state index contributed by atoms with van der Waals surface area (Å²) >= 11 is 0. The molecule has 110 valence electrons. The van der Waals surface area contributed by atoms with Gasteiger partial charge in [-0.3, -0.25) is 4.90 Å². The molecule has 2 aliphatic carbocycles. The smallest absolute Gasteiger partial charge is 0.310 e. The summed E-state index contributed by atoms with van der Waals surface area (Å²) in [7, 11) is 0. The van der Waals surface area contributed by atoms with E-state index >= 15 is 0 Å². The van der Waals surface area contributed by atoms with Crippen molar-refractivity contribution < 1.29 is 13.2 Å². The lowest BCUT2D eigenvalue weighted by atomic mass is 9.85. The number of rotatable bonds is 3. The first-order valence-corrected chi connectivity index (χ1v) is 7.59. The van der Waals surface area contributed by atoms with E-state index in [1.54, 1.807) is 0 Å². The van der Waals surface area contributed by atoms with Crippen molar-refractivity contribution in [2.24, 2.45) is 5.92 Å². The normalized spacial score (nSPS) is 37.7. The second-order valence-corrected chi connectivity index (χ2v) is 6.47. The van der Waals surface area contributed by atoms with Gasteiger partial charge in [0.15, 0.2) is 0 Å². The predicted octanol–water partition coefficient (Wildman–Crippen LogP) is 2.93. The standard InChI is InChI=1S/C14H23F3N2/c15-14(16,17)10-1-3-11(4-2-10)18-12-7-8-19(9-12)13-5-6-13/h10-13,18H,1-9H2. The molecular formula is C14H23F3N2. The van der Waals surface area contributed by atoms with E-state index in [0.29, 0.717) is 37.8 Å². The Morgan fingerprint density at radius 1 is 0.842 bits per heavy atom. The molecule has 0 aromatic rings. The number of nitrogens with one attached hydrogen (secondary N) is 1. The van der Waals surface area contributed by atoms with Crippen LogP contribution in [0.3, 0.4) is 0 Å². The molecule has 2 saturated carbocycles. The van der Waals surface area contributed by atoms with Gasteiger partial charge in [0.2, 0.25) is 0 Å². The third kappa shape index (κ3) is 3.43. The van der Waals surface area contributed by atoms with Crippen LogP contribution in [0.2, 0.25) is 0 Å². The highest BCUT2D eigenvalue weighted by Gasteiger charge is 2.42. The van der Waals surface area contributed by atoms with Crippen LogP contribution in [-0.2, 0) is 0 Å². The summed E-state index contributed by atoms with van der Waals surface area (Å²) in [5.41, 5.74) is 0. The molecule has 1 unspecified atom stereocenters. The summed E-state index contributed by atoms with van der Waals surface area (Å²) in [4.78, 5) is 2.54. The Hall–Kier alpha value is -0.290. The molecular weight excluding hydrogens is 253 g/mol. The van der Waals surface area contributed by atoms with Gasteiger partial charge < -0.3 is 5.32 Å². The monoisotopic (exact) mass is 276 g/mol. The molecule has 0 amide bonds. The van der Waals surface area contributed by atoms with E-state index in [0.717, 1.165) is 19.0 Å². The molecule has 0 bridgehead atoms. The average molecular weight is 276 g/mol. The number of nitrogens with zero attached hydrogens (tertiary/aromatic N) is 1. The van der Waals surface area contributed by atoms with Crippen molar-refractivity contribution in [1.29, 1.82) is 0 Å². The molecule has 1 N–H and O–H groups in total. The zero-order valence-electron chi connectivity index (χ0n) is 11.3. The van der Waals surface area contributed by atoms with Gasteiger partial charge in [-0.2, -0.15) is 13.2 Å². The third-order valence-corrected chi connectivity index (χ3v) is 4.94. The number of hydrogen-bond donors (Lipinski definition) is 1. The van der Waals surface area contributed by atoms with Crippen LogP contribution < -0.4 is 5.32 Å². The molecule has 3 rings (SSSR count). The maximum atomic E-state index is 12.6. The summed E-state index contributed by atoms with van der Waals surface area (Å²) in [6.07, 6.45) is 1.83. The second-order valence-electron chi connectivity index (χ2n) is 6.47. The van der Waals surface area contributed by atoms with Crippen molar-refractivity contribution in [2.45, 2.75) is 69.2 Å². The zero-order valence-corrected chi connectivity index (χ0v) is 11.3. The fourth-order valence-corrected chi connectivity index (χ4v) is 3.62. The van der Waals surface area contributed by atoms with Crippen LogP contribution in [0.15, 0.2) is 0 Å². The number of alkyl halides is 3. The van der Waals surface area contributed by atoms with E-state index in [9.17, 15) is 13.2 Å². The van der Waals surface area contributed by atoms with Crippen molar-refractivity contribution in [3.05, 3.63) is 0 Å². The van der Waals surface area contributed by atoms with Crippen LogP contribution in [0.4, 0.5) is 13.2 Å². The molecule has 19 heavy (non-hydrogen) atoms. The summed E-state index contributed by atoms with van der Waals surface area (Å²) in [6.45, 7) is 2.27. The van der Waals surface area contributed by atoms with Gasteiger partial charge in [0.1, 0.15) is 0 Å². The van der Waals surface area contributed by atoms with E-state index in [-0.39, 0.29) is 0 Å². The SMILES string of the molecule is FC(F)(F)C1CCC(NC2CCN(C3CC3)C2)CC1. The minimum absolute atomic E-state index is 0.306. The van der Waals surface area contributed by atoms with Crippen molar-refractivity contribution >= 4 is 0 Å². The van der Waals surface area contributed by atoms with Crippen LogP contribution in [0.25, 0.3) is 0 Å². The Bertz CT molecular complexity index is 306. The minimum Gasteiger partial charge on any atom is -0.310 e. The van der Waals surface area contributed by atoms with E-state index in [1.165, 1.54) is 19.4 Å². The lowest BCUT2D eigenvalue weighted by Gasteiger charge is -2.32. The lowest BCUT2D eigenvalue weighted by molar-refractivity contribution is -0.182. The molecule has 1 heterocycles. The van der Waals surface area contributed by atoms with Crippen molar-refractivity contribution in [1.82, 2.24) is 10.2 Å². The van der Waals surface area contributed by atoms with Crippen LogP contribution in [-0.4, -0.2) is 42.3 Å². The van der Waals surface area contributed by atoms with Crippen molar-refractivity contribution in [3.8, 4) is 0 Å². The molecule has 2 nitrogen and oxygen atoms in total. The van der Waals surface area contributed by atoms with Crippen LogP contribution in [0.5, 0.6) is 0 Å². The maximum absolute atomic E-state index is 12.6. The van der Waals surface area contributed by atoms with Gasteiger partial charge in [-0.15, -0.1) is 0 Å². The quantitative estimate of drug-likeness (QED) is 0.852. The molecule has 0 aromatic heterocycles. The van der Waals surface area contributed by atoms with Crippen molar-refractivity contribution in [3.63, 3.8) is 0 Å². The highest BCUT2D eigenvalue weighted by molar-refractivity contribution is 4.93. The topological polar surface area (TPSA) is 15.3 Å². The molecule has 0 spiro atoms. The van der Waals surface area contributed by atoms with Gasteiger partial charge in [-0.25, -0.2) is 0 Å². The predicted molar refractivity (Wildman–Crippen MR) is 67.9 cm³/mol. The third-order valence-electron chi connectivity index (χ3n) is 4.94. The largest absolute Gasteiger partial charge is 0.391 e. The van der Waals surface area contributed by atoms with E-state index in [4.69, 9.17) is 0 Å². The summed E-state index contributed by atoms with van der Waals surface area (Å²) < 4.78 is 37.8. The van der Waals surface area contributed by atoms with Crippen LogP contribution in [0, 0.1) is 5.92 Å². The highest BCUT2D eigenvalue weighted by Crippen LogP contribution is 2.38. The summed E-state index contributed by atoms with van der Waals surface area (Å²) in [5.74, 6) is -1.06. The van der Waals surface area contributed by atoms with Crippen LogP contribution >= 0.6 is 0 Å². The van der Waals surface area contributed by atoms with Crippen molar-refractivity contribution in [2.75, 3.05) is 13.1 Å². The first-order valence-electron chi connectivity index (χ1n) is 7.59. The molecule has 1 aliphatic heterocycles. The Labute approximate surface area is 112 Å². The molecule has 3 fully saturated rings. The molecule has 1 saturated heterocycles. The van der Waals surface area contributed by atoms with Gasteiger partial charge in [-0.05, 0) is 44.9 Å². The Balaban J connectivity index is 1.40. The van der Waals surface area contributed by atoms with Gasteiger partial charge in [-0.1, -0.05) is 0 Å². The second kappa shape index (κ2) is 5.24. The molecule has 1 atom stereocenters. The summed E-state index contributed by atoms with van der Waals surface area (Å²) in [6, 6.07) is 1.63. The van der Waals surface area contributed by atoms with Crippen LogP contribution in [0.1, 0.15) is 44.9 Å². The highest BCUT2D eigenvalue weighted by atomic mass is 19.4. The van der Waals surface area contributed by atoms with Gasteiger partial charge in [0.25, 0.3) is 0 Å². The molecule has 5 heteroatoms. The van der Waals surface area contributed by atoms with E-state index in [1.807, 2.05) is 0 Å². The first kappa shape index (κ1) is 13.7. The first-order chi connectivity index (χ1) is 9.02. The Morgan fingerprint density at radius 3 is 2.11 bits per heavy atom. The van der Waals surface area contributed by atoms with Gasteiger partial charge in [0.05, 0.1) is 5.92 Å².